The molecule has 0 aromatic heterocycles. The summed E-state index contributed by atoms with van der Waals surface area (Å²) in [6, 6.07) is 1.64. The van der Waals surface area contributed by atoms with Crippen LogP contribution in [0.15, 0.2) is 0 Å². The Hall–Kier alpha value is 0.964. The van der Waals surface area contributed by atoms with Crippen molar-refractivity contribution in [3.05, 3.63) is 0 Å². The summed E-state index contributed by atoms with van der Waals surface area (Å²) in [5.41, 5.74) is 0. The van der Waals surface area contributed by atoms with Crippen LogP contribution >= 0.6 is 27.5 Å². The van der Waals surface area contributed by atoms with Gasteiger partial charge in [0.2, 0.25) is 0 Å². The maximum Gasteiger partial charge on any atom is 0.500 e. The van der Waals surface area contributed by atoms with E-state index in [1.807, 2.05) is 0 Å². The van der Waals surface area contributed by atoms with Crippen molar-refractivity contribution < 1.29 is 26.6 Å². The minimum atomic E-state index is -2.32. The first-order valence-corrected chi connectivity index (χ1v) is 12.4. The van der Waals surface area contributed by atoms with E-state index in [1.54, 1.807) is 42.7 Å². The molecule has 0 heterocycles. The third-order valence-corrected chi connectivity index (χ3v) is 9.59. The van der Waals surface area contributed by atoms with E-state index in [2.05, 4.69) is 15.9 Å². The van der Waals surface area contributed by atoms with Crippen molar-refractivity contribution >= 4 is 45.1 Å². The van der Waals surface area contributed by atoms with Gasteiger partial charge in [-0.1, -0.05) is 15.9 Å². The van der Waals surface area contributed by atoms with Crippen molar-refractivity contribution in [3.8, 4) is 0 Å². The topological polar surface area (TPSA) is 55.4 Å². The summed E-state index contributed by atoms with van der Waals surface area (Å²) >= 11 is 8.88. The third-order valence-electron chi connectivity index (χ3n) is 3.10. The van der Waals surface area contributed by atoms with Crippen molar-refractivity contribution in [2.24, 2.45) is 0 Å². The molecule has 0 spiro atoms. The smallest absolute Gasteiger partial charge is 0.377 e. The van der Waals surface area contributed by atoms with Crippen LogP contribution in [0.2, 0.25) is 12.1 Å². The van der Waals surface area contributed by atoms with E-state index in [0.29, 0.717) is 5.88 Å². The van der Waals surface area contributed by atoms with Gasteiger partial charge in [-0.25, -0.2) is 0 Å². The quantitative estimate of drug-likeness (QED) is 0.342. The molecule has 0 amide bonds. The summed E-state index contributed by atoms with van der Waals surface area (Å²) in [5, 5.41) is 0.956. The monoisotopic (exact) mass is 440 g/mol. The number of halogens is 2. The van der Waals surface area contributed by atoms with E-state index < -0.39 is 17.6 Å². The Labute approximate surface area is 150 Å². The second kappa shape index (κ2) is 15.5. The van der Waals surface area contributed by atoms with Crippen LogP contribution in [0.5, 0.6) is 0 Å². The summed E-state index contributed by atoms with van der Waals surface area (Å²) in [7, 11) is 5.12. The van der Waals surface area contributed by atoms with Gasteiger partial charge < -0.3 is 26.6 Å². The molecule has 0 rings (SSSR count). The lowest BCUT2D eigenvalue weighted by Crippen LogP contribution is -2.42. The lowest BCUT2D eigenvalue weighted by atomic mass is 10.6. The van der Waals surface area contributed by atoms with Crippen LogP contribution in [0.3, 0.4) is 0 Å². The fourth-order valence-corrected chi connectivity index (χ4v) is 6.28. The molecule has 0 saturated heterocycles. The highest BCUT2D eigenvalue weighted by Gasteiger charge is 2.37. The molecular formula is C12H30BrClO6Si2. The highest BCUT2D eigenvalue weighted by atomic mass is 79.9. The minimum absolute atomic E-state index is 0.616. The van der Waals surface area contributed by atoms with Gasteiger partial charge in [0.1, 0.15) is 0 Å². The first-order valence-electron chi connectivity index (χ1n) is 6.92. The Morgan fingerprint density at radius 1 is 0.682 bits per heavy atom. The standard InChI is InChI=1S/C6H15BrO3Si.C6H15ClO3Si/c2*1-8-11(9-2,10-3)6-4-5-7/h2*4-6H2,1-3H3. The molecule has 0 aromatic rings. The van der Waals surface area contributed by atoms with Crippen molar-refractivity contribution in [3.63, 3.8) is 0 Å². The lowest BCUT2D eigenvalue weighted by molar-refractivity contribution is 0.123. The molecule has 10 heteroatoms. The first-order chi connectivity index (χ1) is 10.5. The van der Waals surface area contributed by atoms with Gasteiger partial charge in [-0.05, 0) is 12.8 Å². The third kappa shape index (κ3) is 9.96. The summed E-state index contributed by atoms with van der Waals surface area (Å²) < 4.78 is 31.2. The molecule has 0 aliphatic heterocycles. The van der Waals surface area contributed by atoms with Crippen LogP contribution in [0, 0.1) is 0 Å². The van der Waals surface area contributed by atoms with Crippen LogP contribution in [-0.4, -0.2) is 71.5 Å². The van der Waals surface area contributed by atoms with E-state index in [1.165, 1.54) is 0 Å². The molecule has 0 aromatic carbocycles. The van der Waals surface area contributed by atoms with Gasteiger partial charge in [0, 0.05) is 66.0 Å². The molecule has 0 N–H and O–H groups in total. The maximum atomic E-state index is 5.53. The number of alkyl halides is 2. The molecule has 0 aliphatic rings. The number of rotatable bonds is 12. The Balaban J connectivity index is 0. The zero-order valence-electron chi connectivity index (χ0n) is 14.4. The fourth-order valence-electron chi connectivity index (χ4n) is 1.68. The lowest BCUT2D eigenvalue weighted by Gasteiger charge is -2.23. The Morgan fingerprint density at radius 2 is 1.00 bits per heavy atom. The molecule has 0 saturated carbocycles. The van der Waals surface area contributed by atoms with E-state index in [9.17, 15) is 0 Å². The average molecular weight is 442 g/mol. The number of hydrogen-bond donors (Lipinski definition) is 0. The summed E-state index contributed by atoms with van der Waals surface area (Å²) in [5.74, 6) is 0.616. The van der Waals surface area contributed by atoms with E-state index in [0.717, 1.165) is 30.3 Å². The van der Waals surface area contributed by atoms with Gasteiger partial charge in [0.15, 0.2) is 0 Å². The molecule has 0 fully saturated rings. The van der Waals surface area contributed by atoms with Crippen LogP contribution in [0.4, 0.5) is 0 Å². The highest BCUT2D eigenvalue weighted by molar-refractivity contribution is 9.09. The predicted molar refractivity (Wildman–Crippen MR) is 96.9 cm³/mol. The molecule has 0 atom stereocenters. The second-order valence-electron chi connectivity index (χ2n) is 4.18. The van der Waals surface area contributed by atoms with Crippen LogP contribution in [0.25, 0.3) is 0 Å². The van der Waals surface area contributed by atoms with Crippen molar-refractivity contribution in [2.45, 2.75) is 24.9 Å². The van der Waals surface area contributed by atoms with E-state index >= 15 is 0 Å². The molecule has 0 unspecified atom stereocenters. The second-order valence-corrected chi connectivity index (χ2v) is 11.5. The number of hydrogen-bond acceptors (Lipinski definition) is 6. The van der Waals surface area contributed by atoms with E-state index in [4.69, 9.17) is 38.2 Å². The van der Waals surface area contributed by atoms with Crippen molar-refractivity contribution in [1.29, 1.82) is 0 Å². The molecule has 6 nitrogen and oxygen atoms in total. The van der Waals surface area contributed by atoms with Crippen LogP contribution in [-0.2, 0) is 26.6 Å². The summed E-state index contributed by atoms with van der Waals surface area (Å²) in [4.78, 5) is 0. The fraction of sp³-hybridized carbons (Fsp3) is 1.00. The first kappa shape index (κ1) is 25.2. The largest absolute Gasteiger partial charge is 0.500 e. The van der Waals surface area contributed by atoms with Crippen molar-refractivity contribution in [1.82, 2.24) is 0 Å². The van der Waals surface area contributed by atoms with Gasteiger partial charge in [0.25, 0.3) is 0 Å². The van der Waals surface area contributed by atoms with E-state index in [-0.39, 0.29) is 0 Å². The highest BCUT2D eigenvalue weighted by Crippen LogP contribution is 2.15. The molecule has 0 bridgehead atoms. The Morgan fingerprint density at radius 3 is 1.23 bits per heavy atom. The van der Waals surface area contributed by atoms with Gasteiger partial charge in [-0.3, -0.25) is 0 Å². The SMILES string of the molecule is CO[Si](CCCBr)(OC)OC.CO[Si](CCCCl)(OC)OC. The summed E-state index contributed by atoms with van der Waals surface area (Å²) in [6.07, 6.45) is 1.88. The zero-order valence-corrected chi connectivity index (χ0v) is 18.8. The molecule has 0 radical (unpaired) electrons. The Kier molecular flexibility index (Phi) is 17.7. The minimum Gasteiger partial charge on any atom is -0.377 e. The van der Waals surface area contributed by atoms with Crippen LogP contribution in [0.1, 0.15) is 12.8 Å². The molecule has 0 aliphatic carbocycles. The predicted octanol–water partition coefficient (Wildman–Crippen LogP) is 3.14. The summed E-state index contributed by atoms with van der Waals surface area (Å²) in [6.45, 7) is 0. The molecule has 136 valence electrons. The maximum absolute atomic E-state index is 5.53. The van der Waals surface area contributed by atoms with Crippen molar-refractivity contribution in [2.75, 3.05) is 53.9 Å². The molecule has 22 heavy (non-hydrogen) atoms. The Bertz CT molecular complexity index is 205. The van der Waals surface area contributed by atoms with Gasteiger partial charge >= 0.3 is 17.6 Å². The van der Waals surface area contributed by atoms with Gasteiger partial charge in [0.05, 0.1) is 0 Å². The van der Waals surface area contributed by atoms with Gasteiger partial charge in [-0.15, -0.1) is 11.6 Å². The average Bonchev–Trinajstić information content (AvgIpc) is 2.59. The normalized spacial score (nSPS) is 12.0. The molecular weight excluding hydrogens is 412 g/mol. The van der Waals surface area contributed by atoms with Gasteiger partial charge in [-0.2, -0.15) is 0 Å². The zero-order chi connectivity index (χ0) is 17.5. The van der Waals surface area contributed by atoms with Crippen LogP contribution < -0.4 is 0 Å².